The van der Waals surface area contributed by atoms with Gasteiger partial charge in [0.15, 0.2) is 11.9 Å². The minimum atomic E-state index is -4.55. The Morgan fingerprint density at radius 2 is 2.03 bits per heavy atom. The van der Waals surface area contributed by atoms with Crippen LogP contribution in [0.2, 0.25) is 5.02 Å². The maximum Gasteiger partial charge on any atom is 0.416 e. The zero-order chi connectivity index (χ0) is 27.2. The fourth-order valence-corrected chi connectivity index (χ4v) is 5.45. The van der Waals surface area contributed by atoms with Gasteiger partial charge in [-0.2, -0.15) is 28.1 Å². The number of benzene rings is 1. The maximum atomic E-state index is 13.7. The van der Waals surface area contributed by atoms with Gasteiger partial charge in [-0.05, 0) is 37.8 Å². The van der Waals surface area contributed by atoms with Crippen LogP contribution in [0.25, 0.3) is 0 Å². The molecule has 9 nitrogen and oxygen atoms in total. The largest absolute Gasteiger partial charge is 0.416 e. The Bertz CT molecular complexity index is 1430. The molecule has 0 bridgehead atoms. The molecule has 38 heavy (non-hydrogen) atoms. The highest BCUT2D eigenvalue weighted by molar-refractivity contribution is 6.33. The van der Waals surface area contributed by atoms with E-state index in [-0.39, 0.29) is 22.8 Å². The molecule has 13 heteroatoms. The molecule has 202 valence electrons. The van der Waals surface area contributed by atoms with Crippen LogP contribution in [-0.2, 0) is 23.9 Å². The molecule has 1 aromatic carbocycles. The third-order valence-electron chi connectivity index (χ3n) is 7.10. The van der Waals surface area contributed by atoms with Gasteiger partial charge in [-0.15, -0.1) is 0 Å². The monoisotopic (exact) mass is 550 g/mol. The molecule has 0 radical (unpaired) electrons. The molecule has 2 N–H and O–H groups in total. The zero-order valence-corrected chi connectivity index (χ0v) is 21.3. The van der Waals surface area contributed by atoms with Gasteiger partial charge in [0.25, 0.3) is 11.5 Å². The summed E-state index contributed by atoms with van der Waals surface area (Å²) in [6.45, 7) is 2.64. The van der Waals surface area contributed by atoms with Crippen LogP contribution in [0.3, 0.4) is 0 Å². The van der Waals surface area contributed by atoms with Crippen molar-refractivity contribution >= 4 is 23.2 Å². The van der Waals surface area contributed by atoms with Crippen molar-refractivity contribution in [2.75, 3.05) is 18.1 Å². The number of anilines is 1. The van der Waals surface area contributed by atoms with E-state index >= 15 is 0 Å². The van der Waals surface area contributed by atoms with Crippen LogP contribution < -0.4 is 16.2 Å². The molecule has 1 saturated heterocycles. The van der Waals surface area contributed by atoms with E-state index in [1.165, 1.54) is 33.8 Å². The highest BCUT2D eigenvalue weighted by Crippen LogP contribution is 2.37. The first-order chi connectivity index (χ1) is 18.1. The normalized spacial score (nSPS) is 18.8. The molecule has 1 amide bonds. The second-order valence-corrected chi connectivity index (χ2v) is 9.81. The number of halogens is 4. The molecule has 2 atom stereocenters. The fourth-order valence-electron chi connectivity index (χ4n) is 5.20. The number of nitrogens with two attached hydrogens (primary N) is 1. The first kappa shape index (κ1) is 26.2. The minimum absolute atomic E-state index is 0.0295. The number of amides is 1. The molecule has 1 fully saturated rings. The molecule has 2 aromatic heterocycles. The first-order valence-electron chi connectivity index (χ1n) is 12.3. The molecule has 2 unspecified atom stereocenters. The van der Waals surface area contributed by atoms with Crippen molar-refractivity contribution in [2.24, 2.45) is 5.73 Å². The number of hydrogen-bond acceptors (Lipinski definition) is 6. The van der Waals surface area contributed by atoms with E-state index in [1.54, 1.807) is 11.8 Å². The Balaban J connectivity index is 1.49. The predicted molar refractivity (Wildman–Crippen MR) is 133 cm³/mol. The molecule has 2 aliphatic rings. The van der Waals surface area contributed by atoms with Gasteiger partial charge in [0, 0.05) is 37.4 Å². The van der Waals surface area contributed by atoms with Crippen LogP contribution >= 0.6 is 11.6 Å². The van der Waals surface area contributed by atoms with Gasteiger partial charge in [0.1, 0.15) is 5.02 Å². The SMILES string of the molecule is CC(c1ccccc1C(F)(F)F)n1nc(C(N)=O)c2c1CCN(c1cnn(C3CCCCO3)c(=O)c1Cl)C2. The van der Waals surface area contributed by atoms with E-state index in [4.69, 9.17) is 22.1 Å². The van der Waals surface area contributed by atoms with Crippen LogP contribution in [0.1, 0.15) is 71.3 Å². The lowest BCUT2D eigenvalue weighted by molar-refractivity contribution is -0.138. The van der Waals surface area contributed by atoms with Crippen LogP contribution in [0.15, 0.2) is 35.3 Å². The summed E-state index contributed by atoms with van der Waals surface area (Å²) in [7, 11) is 0. The number of rotatable bonds is 5. The van der Waals surface area contributed by atoms with E-state index in [1.807, 2.05) is 0 Å². The van der Waals surface area contributed by atoms with Crippen LogP contribution in [0.4, 0.5) is 18.9 Å². The maximum absolute atomic E-state index is 13.7. The Morgan fingerprint density at radius 3 is 2.71 bits per heavy atom. The third kappa shape index (κ3) is 4.66. The summed E-state index contributed by atoms with van der Waals surface area (Å²) in [5.41, 5.74) is 5.83. The molecular weight excluding hydrogens is 525 g/mol. The lowest BCUT2D eigenvalue weighted by Crippen LogP contribution is -2.36. The van der Waals surface area contributed by atoms with Crippen molar-refractivity contribution in [1.82, 2.24) is 19.6 Å². The molecule has 4 heterocycles. The summed E-state index contributed by atoms with van der Waals surface area (Å²) in [4.78, 5) is 27.1. The van der Waals surface area contributed by atoms with E-state index in [9.17, 15) is 22.8 Å². The number of hydrogen-bond donors (Lipinski definition) is 1. The summed E-state index contributed by atoms with van der Waals surface area (Å²) >= 11 is 6.49. The van der Waals surface area contributed by atoms with Gasteiger partial charge in [-0.1, -0.05) is 29.8 Å². The van der Waals surface area contributed by atoms with E-state index < -0.39 is 35.5 Å². The Hall–Kier alpha value is -3.38. The van der Waals surface area contributed by atoms with Gasteiger partial charge >= 0.3 is 6.18 Å². The van der Waals surface area contributed by atoms with E-state index in [2.05, 4.69) is 10.2 Å². The highest BCUT2D eigenvalue weighted by atomic mass is 35.5. The van der Waals surface area contributed by atoms with Crippen molar-refractivity contribution in [3.05, 3.63) is 73.9 Å². The van der Waals surface area contributed by atoms with Gasteiger partial charge in [0.05, 0.1) is 23.5 Å². The minimum Gasteiger partial charge on any atom is -0.364 e. The second kappa shape index (κ2) is 10.1. The average Bonchev–Trinajstić information content (AvgIpc) is 3.29. The Morgan fingerprint density at radius 1 is 1.26 bits per heavy atom. The van der Waals surface area contributed by atoms with Gasteiger partial charge < -0.3 is 15.4 Å². The summed E-state index contributed by atoms with van der Waals surface area (Å²) in [5, 5.41) is 8.61. The van der Waals surface area contributed by atoms with Crippen molar-refractivity contribution < 1.29 is 22.7 Å². The average molecular weight is 551 g/mol. The molecular formula is C25H26ClF3N6O3. The molecule has 2 aliphatic heterocycles. The number of primary amides is 1. The zero-order valence-electron chi connectivity index (χ0n) is 20.5. The number of fused-ring (bicyclic) bond motifs is 1. The molecule has 0 spiro atoms. The Kier molecular flexibility index (Phi) is 6.95. The molecule has 3 aromatic rings. The predicted octanol–water partition coefficient (Wildman–Crippen LogP) is 4.08. The van der Waals surface area contributed by atoms with E-state index in [0.29, 0.717) is 42.9 Å². The second-order valence-electron chi connectivity index (χ2n) is 9.43. The number of ether oxygens (including phenoxy) is 1. The van der Waals surface area contributed by atoms with Crippen molar-refractivity contribution in [2.45, 2.75) is 57.6 Å². The quantitative estimate of drug-likeness (QED) is 0.513. The smallest absolute Gasteiger partial charge is 0.364 e. The summed E-state index contributed by atoms with van der Waals surface area (Å²) in [6, 6.07) is 4.47. The third-order valence-corrected chi connectivity index (χ3v) is 7.45. The van der Waals surface area contributed by atoms with Crippen LogP contribution in [0.5, 0.6) is 0 Å². The number of carbonyl (C=O) groups is 1. The van der Waals surface area contributed by atoms with Crippen molar-refractivity contribution in [1.29, 1.82) is 0 Å². The molecule has 0 saturated carbocycles. The van der Waals surface area contributed by atoms with Crippen LogP contribution in [-0.4, -0.2) is 38.6 Å². The fraction of sp³-hybridized carbons (Fsp3) is 0.440. The Labute approximate surface area is 220 Å². The summed E-state index contributed by atoms with van der Waals surface area (Å²) in [5.74, 6) is -0.799. The molecule has 5 rings (SSSR count). The van der Waals surface area contributed by atoms with Crippen LogP contribution in [0, 0.1) is 0 Å². The lowest BCUT2D eigenvalue weighted by Gasteiger charge is -2.31. The summed E-state index contributed by atoms with van der Waals surface area (Å²) in [6.07, 6.45) is -0.706. The topological polar surface area (TPSA) is 108 Å². The summed E-state index contributed by atoms with van der Waals surface area (Å²) < 4.78 is 49.4. The molecule has 0 aliphatic carbocycles. The number of nitrogens with zero attached hydrogens (tertiary/aromatic N) is 5. The van der Waals surface area contributed by atoms with Crippen molar-refractivity contribution in [3.8, 4) is 0 Å². The van der Waals surface area contributed by atoms with Gasteiger partial charge in [0.2, 0.25) is 0 Å². The highest BCUT2D eigenvalue weighted by Gasteiger charge is 2.36. The van der Waals surface area contributed by atoms with Gasteiger partial charge in [-0.3, -0.25) is 14.3 Å². The number of aromatic nitrogens is 4. The van der Waals surface area contributed by atoms with Gasteiger partial charge in [-0.25, -0.2) is 0 Å². The number of carbonyl (C=O) groups excluding carboxylic acids is 1. The van der Waals surface area contributed by atoms with E-state index in [0.717, 1.165) is 18.9 Å². The van der Waals surface area contributed by atoms with Crippen molar-refractivity contribution in [3.63, 3.8) is 0 Å². The standard InChI is InChI=1S/C25H26ClF3N6O3/c1-14(15-6-2-3-7-17(15)25(27,28)29)34-18-9-10-33(13-16(18)22(32-34)23(30)36)19-12-31-35(24(37)21(19)26)20-8-4-5-11-38-20/h2-3,6-7,12,14,20H,4-5,8-11,13H2,1H3,(H2,30,36). The first-order valence-corrected chi connectivity index (χ1v) is 12.7. The number of alkyl halides is 3. The lowest BCUT2D eigenvalue weighted by atomic mass is 9.99.